The first-order chi connectivity index (χ1) is 5.16. The topological polar surface area (TPSA) is 66.8 Å². The molecule has 0 aliphatic carbocycles. The largest absolute Gasteiger partial charge is 0.481 e. The molecule has 0 rings (SSSR count). The molecule has 66 valence electrons. The van der Waals surface area contributed by atoms with Crippen LogP contribution in [0.1, 0.15) is 19.8 Å². The van der Waals surface area contributed by atoms with Crippen LogP contribution in [0.4, 0.5) is 0 Å². The second kappa shape index (κ2) is 6.12. The Morgan fingerprint density at radius 1 is 1.64 bits per heavy atom. The molecule has 0 amide bonds. The number of carbonyl (C=O) groups is 1. The van der Waals surface area contributed by atoms with Crippen molar-refractivity contribution in [2.45, 2.75) is 25.9 Å². The van der Waals surface area contributed by atoms with Crippen LogP contribution in [-0.2, 0) is 9.53 Å². The molecule has 2 N–H and O–H groups in total. The first-order valence-corrected chi connectivity index (χ1v) is 3.64. The van der Waals surface area contributed by atoms with Crippen LogP contribution in [-0.4, -0.2) is 35.5 Å². The lowest BCUT2D eigenvalue weighted by atomic mass is 10.2. The molecule has 11 heavy (non-hydrogen) atoms. The number of aliphatic hydroxyl groups is 1. The third kappa shape index (κ3) is 7.29. The van der Waals surface area contributed by atoms with E-state index in [4.69, 9.17) is 14.9 Å². The van der Waals surface area contributed by atoms with Gasteiger partial charge in [-0.05, 0) is 13.3 Å². The minimum atomic E-state index is -0.888. The third-order valence-electron chi connectivity index (χ3n) is 1.21. The molecule has 0 aliphatic heterocycles. The summed E-state index contributed by atoms with van der Waals surface area (Å²) in [6, 6.07) is 0. The van der Waals surface area contributed by atoms with Gasteiger partial charge in [0.2, 0.25) is 0 Å². The van der Waals surface area contributed by atoms with E-state index in [2.05, 4.69) is 0 Å². The highest BCUT2D eigenvalue weighted by molar-refractivity contribution is 5.66. The zero-order valence-electron chi connectivity index (χ0n) is 6.62. The number of hydrogen-bond donors (Lipinski definition) is 2. The fraction of sp³-hybridized carbons (Fsp3) is 0.857. The maximum Gasteiger partial charge on any atom is 0.303 e. The highest BCUT2D eigenvalue weighted by atomic mass is 16.5. The molecule has 0 aromatic heterocycles. The van der Waals surface area contributed by atoms with Crippen molar-refractivity contribution in [1.29, 1.82) is 0 Å². The number of carboxylic acid groups (broad SMARTS) is 1. The standard InChI is InChI=1S/C7H14O4/c1-2-11-5-6(8)3-4-7(9)10/h6,8H,2-5H2,1H3,(H,9,10). The molecular formula is C7H14O4. The van der Waals surface area contributed by atoms with Crippen LogP contribution >= 0.6 is 0 Å². The second-order valence-electron chi connectivity index (χ2n) is 2.25. The van der Waals surface area contributed by atoms with E-state index in [1.165, 1.54) is 0 Å². The Labute approximate surface area is 65.8 Å². The van der Waals surface area contributed by atoms with Crippen LogP contribution in [0.15, 0.2) is 0 Å². The maximum absolute atomic E-state index is 10.0. The van der Waals surface area contributed by atoms with Gasteiger partial charge in [0, 0.05) is 13.0 Å². The number of aliphatic hydroxyl groups excluding tert-OH is 1. The lowest BCUT2D eigenvalue weighted by Gasteiger charge is -2.07. The molecular weight excluding hydrogens is 148 g/mol. The molecule has 0 aromatic carbocycles. The molecule has 0 spiro atoms. The van der Waals surface area contributed by atoms with Gasteiger partial charge in [0.25, 0.3) is 0 Å². The Kier molecular flexibility index (Phi) is 5.78. The first kappa shape index (κ1) is 10.4. The Morgan fingerprint density at radius 2 is 2.27 bits per heavy atom. The zero-order valence-corrected chi connectivity index (χ0v) is 6.62. The molecule has 0 aliphatic rings. The fourth-order valence-corrected chi connectivity index (χ4v) is 0.627. The summed E-state index contributed by atoms with van der Waals surface area (Å²) in [5, 5.41) is 17.3. The number of rotatable bonds is 6. The van der Waals surface area contributed by atoms with Crippen molar-refractivity contribution in [3.05, 3.63) is 0 Å². The minimum Gasteiger partial charge on any atom is -0.481 e. The highest BCUT2D eigenvalue weighted by Crippen LogP contribution is 1.97. The van der Waals surface area contributed by atoms with Gasteiger partial charge in [-0.2, -0.15) is 0 Å². The Morgan fingerprint density at radius 3 is 2.73 bits per heavy atom. The molecule has 1 unspecified atom stereocenters. The van der Waals surface area contributed by atoms with Crippen molar-refractivity contribution >= 4 is 5.97 Å². The molecule has 0 bridgehead atoms. The van der Waals surface area contributed by atoms with Gasteiger partial charge in [0.05, 0.1) is 12.7 Å². The third-order valence-corrected chi connectivity index (χ3v) is 1.21. The van der Waals surface area contributed by atoms with Crippen LogP contribution in [0.5, 0.6) is 0 Å². The van der Waals surface area contributed by atoms with E-state index in [-0.39, 0.29) is 19.4 Å². The highest BCUT2D eigenvalue weighted by Gasteiger charge is 2.05. The molecule has 0 fully saturated rings. The smallest absolute Gasteiger partial charge is 0.303 e. The summed E-state index contributed by atoms with van der Waals surface area (Å²) in [7, 11) is 0. The van der Waals surface area contributed by atoms with Gasteiger partial charge in [-0.25, -0.2) is 0 Å². The van der Waals surface area contributed by atoms with E-state index in [1.807, 2.05) is 6.92 Å². The molecule has 0 aromatic rings. The van der Waals surface area contributed by atoms with Crippen molar-refractivity contribution in [1.82, 2.24) is 0 Å². The van der Waals surface area contributed by atoms with Gasteiger partial charge in [0.15, 0.2) is 0 Å². The lowest BCUT2D eigenvalue weighted by Crippen LogP contribution is -2.16. The summed E-state index contributed by atoms with van der Waals surface area (Å²) in [6.07, 6.45) is -0.394. The van der Waals surface area contributed by atoms with Crippen LogP contribution in [0.25, 0.3) is 0 Å². The second-order valence-corrected chi connectivity index (χ2v) is 2.25. The average Bonchev–Trinajstić information content (AvgIpc) is 1.97. The minimum absolute atomic E-state index is 0.00571. The van der Waals surface area contributed by atoms with Gasteiger partial charge >= 0.3 is 5.97 Å². The van der Waals surface area contributed by atoms with E-state index in [1.54, 1.807) is 0 Å². The predicted octanol–water partition coefficient (Wildman–Crippen LogP) is 0.249. The molecule has 0 radical (unpaired) electrons. The van der Waals surface area contributed by atoms with Crippen molar-refractivity contribution < 1.29 is 19.7 Å². The van der Waals surface area contributed by atoms with Crippen LogP contribution in [0.3, 0.4) is 0 Å². The van der Waals surface area contributed by atoms with E-state index in [0.29, 0.717) is 6.61 Å². The Hall–Kier alpha value is -0.610. The SMILES string of the molecule is CCOCC(O)CCC(=O)O. The molecule has 0 saturated heterocycles. The van der Waals surface area contributed by atoms with Crippen LogP contribution < -0.4 is 0 Å². The number of hydrogen-bond acceptors (Lipinski definition) is 3. The predicted molar refractivity (Wildman–Crippen MR) is 39.4 cm³/mol. The summed E-state index contributed by atoms with van der Waals surface area (Å²) in [5.41, 5.74) is 0. The number of aliphatic carboxylic acids is 1. The Balaban J connectivity index is 3.22. The van der Waals surface area contributed by atoms with E-state index < -0.39 is 12.1 Å². The molecule has 0 heterocycles. The first-order valence-electron chi connectivity index (χ1n) is 3.64. The van der Waals surface area contributed by atoms with Crippen LogP contribution in [0, 0.1) is 0 Å². The number of ether oxygens (including phenoxy) is 1. The average molecular weight is 162 g/mol. The van der Waals surface area contributed by atoms with Crippen LogP contribution in [0.2, 0.25) is 0 Å². The molecule has 4 heteroatoms. The summed E-state index contributed by atoms with van der Waals surface area (Å²) in [5.74, 6) is -0.888. The molecule has 1 atom stereocenters. The molecule has 0 saturated carbocycles. The van der Waals surface area contributed by atoms with Gasteiger partial charge in [-0.15, -0.1) is 0 Å². The van der Waals surface area contributed by atoms with Gasteiger partial charge < -0.3 is 14.9 Å². The van der Waals surface area contributed by atoms with Crippen molar-refractivity contribution in [2.24, 2.45) is 0 Å². The summed E-state index contributed by atoms with van der Waals surface area (Å²) in [4.78, 5) is 10.0. The quantitative estimate of drug-likeness (QED) is 0.587. The van der Waals surface area contributed by atoms with E-state index in [9.17, 15) is 4.79 Å². The Bertz CT molecular complexity index is 113. The monoisotopic (exact) mass is 162 g/mol. The van der Waals surface area contributed by atoms with Gasteiger partial charge in [0.1, 0.15) is 0 Å². The van der Waals surface area contributed by atoms with Gasteiger partial charge in [-0.3, -0.25) is 4.79 Å². The number of carboxylic acids is 1. The normalized spacial score (nSPS) is 12.9. The van der Waals surface area contributed by atoms with E-state index >= 15 is 0 Å². The molecule has 4 nitrogen and oxygen atoms in total. The summed E-state index contributed by atoms with van der Waals surface area (Å²) >= 11 is 0. The zero-order chi connectivity index (χ0) is 8.69. The fourth-order valence-electron chi connectivity index (χ4n) is 0.627. The van der Waals surface area contributed by atoms with Crippen molar-refractivity contribution in [3.8, 4) is 0 Å². The summed E-state index contributed by atoms with van der Waals surface area (Å²) < 4.78 is 4.88. The van der Waals surface area contributed by atoms with Crippen molar-refractivity contribution in [3.63, 3.8) is 0 Å². The van der Waals surface area contributed by atoms with E-state index in [0.717, 1.165) is 0 Å². The van der Waals surface area contributed by atoms with Crippen molar-refractivity contribution in [2.75, 3.05) is 13.2 Å². The van der Waals surface area contributed by atoms with Gasteiger partial charge in [-0.1, -0.05) is 0 Å². The summed E-state index contributed by atoms with van der Waals surface area (Å²) in [6.45, 7) is 2.60. The lowest BCUT2D eigenvalue weighted by molar-refractivity contribution is -0.137. The maximum atomic E-state index is 10.0.